The summed E-state index contributed by atoms with van der Waals surface area (Å²) in [5, 5.41) is 12.9. The minimum atomic E-state index is -0.850. The lowest BCUT2D eigenvalue weighted by Crippen LogP contribution is -2.36. The quantitative estimate of drug-likeness (QED) is 0.723. The molecule has 0 aliphatic rings. The van der Waals surface area contributed by atoms with Crippen molar-refractivity contribution >= 4 is 17.6 Å². The van der Waals surface area contributed by atoms with Crippen molar-refractivity contribution in [1.29, 1.82) is 0 Å². The molecule has 6 heteroatoms. The van der Waals surface area contributed by atoms with Gasteiger partial charge in [0, 0.05) is 35.1 Å². The van der Waals surface area contributed by atoms with E-state index in [2.05, 4.69) is 10.3 Å². The lowest BCUT2D eigenvalue weighted by molar-refractivity contribution is -0.139. The molecule has 1 heterocycles. The van der Waals surface area contributed by atoms with Crippen molar-refractivity contribution in [3.05, 3.63) is 58.9 Å². The molecule has 0 aliphatic carbocycles. The van der Waals surface area contributed by atoms with Gasteiger partial charge in [0.25, 0.3) is 0 Å². The Hall–Kier alpha value is -2.11. The maximum atomic E-state index is 11.2. The number of aromatic nitrogens is 1. The smallest absolute Gasteiger partial charge is 0.320 e. The van der Waals surface area contributed by atoms with Crippen LogP contribution in [0.15, 0.2) is 42.7 Å². The Morgan fingerprint density at radius 1 is 1.42 bits per heavy atom. The van der Waals surface area contributed by atoms with Gasteiger partial charge in [-0.25, -0.2) is 0 Å². The summed E-state index contributed by atoms with van der Waals surface area (Å²) < 4.78 is 5.84. The molecule has 0 bridgehead atoms. The number of hydrogen-bond donors (Lipinski definition) is 2. The third kappa shape index (κ3) is 5.51. The summed E-state index contributed by atoms with van der Waals surface area (Å²) in [6, 6.07) is 8.54. The van der Waals surface area contributed by atoms with Crippen LogP contribution in [0.4, 0.5) is 0 Å². The third-order valence-corrected chi connectivity index (χ3v) is 3.79. The molecule has 1 atom stereocenters. The van der Waals surface area contributed by atoms with E-state index in [1.165, 1.54) is 0 Å². The Morgan fingerprint density at radius 2 is 2.25 bits per heavy atom. The Balaban J connectivity index is 2.05. The van der Waals surface area contributed by atoms with Crippen LogP contribution in [0.2, 0.25) is 5.02 Å². The van der Waals surface area contributed by atoms with E-state index in [9.17, 15) is 9.90 Å². The molecule has 1 unspecified atom stereocenters. The van der Waals surface area contributed by atoms with Gasteiger partial charge in [-0.3, -0.25) is 9.78 Å². The third-order valence-electron chi connectivity index (χ3n) is 3.55. The van der Waals surface area contributed by atoms with Crippen molar-refractivity contribution < 1.29 is 14.6 Å². The number of aliphatic carboxylic acids is 1. The highest BCUT2D eigenvalue weighted by atomic mass is 35.5. The monoisotopic (exact) mass is 348 g/mol. The van der Waals surface area contributed by atoms with E-state index in [1.807, 2.05) is 19.1 Å². The van der Waals surface area contributed by atoms with Crippen LogP contribution in [0, 0.1) is 0 Å². The van der Waals surface area contributed by atoms with Crippen molar-refractivity contribution in [1.82, 2.24) is 10.3 Å². The number of hydrogen-bond acceptors (Lipinski definition) is 4. The number of benzene rings is 1. The van der Waals surface area contributed by atoms with Crippen LogP contribution in [0.5, 0.6) is 5.75 Å². The standard InChI is InChI=1S/C18H21ClN2O3/c1-2-4-16(18(22)23)21-11-14-9-15(19)6-7-17(14)24-12-13-5-3-8-20-10-13/h3,5-10,16,21H,2,4,11-12H2,1H3,(H,22,23). The first-order valence-electron chi connectivity index (χ1n) is 7.86. The fourth-order valence-electron chi connectivity index (χ4n) is 2.31. The number of rotatable bonds is 9. The molecule has 0 amide bonds. The first kappa shape index (κ1) is 18.2. The highest BCUT2D eigenvalue weighted by Crippen LogP contribution is 2.24. The molecule has 5 nitrogen and oxygen atoms in total. The van der Waals surface area contributed by atoms with Crippen molar-refractivity contribution in [3.63, 3.8) is 0 Å². The maximum Gasteiger partial charge on any atom is 0.320 e. The van der Waals surface area contributed by atoms with Crippen LogP contribution in [0.1, 0.15) is 30.9 Å². The molecule has 0 saturated heterocycles. The summed E-state index contributed by atoms with van der Waals surface area (Å²) in [4.78, 5) is 15.3. The maximum absolute atomic E-state index is 11.2. The highest BCUT2D eigenvalue weighted by Gasteiger charge is 2.16. The summed E-state index contributed by atoms with van der Waals surface area (Å²) in [6.45, 7) is 2.72. The van der Waals surface area contributed by atoms with Gasteiger partial charge in [0.05, 0.1) is 0 Å². The van der Waals surface area contributed by atoms with Gasteiger partial charge in [-0.1, -0.05) is 31.0 Å². The molecule has 1 aromatic carbocycles. The van der Waals surface area contributed by atoms with Crippen molar-refractivity contribution in [2.75, 3.05) is 0 Å². The average molecular weight is 349 g/mol. The van der Waals surface area contributed by atoms with Crippen LogP contribution in [-0.4, -0.2) is 22.1 Å². The van der Waals surface area contributed by atoms with Crippen LogP contribution in [0.25, 0.3) is 0 Å². The van der Waals surface area contributed by atoms with E-state index in [4.69, 9.17) is 16.3 Å². The number of carbonyl (C=O) groups is 1. The zero-order valence-corrected chi connectivity index (χ0v) is 14.3. The summed E-state index contributed by atoms with van der Waals surface area (Å²) in [5.41, 5.74) is 1.79. The molecule has 24 heavy (non-hydrogen) atoms. The molecular weight excluding hydrogens is 328 g/mol. The molecule has 0 fully saturated rings. The minimum absolute atomic E-state index is 0.375. The second kappa shape index (κ2) is 9.25. The van der Waals surface area contributed by atoms with E-state index in [0.29, 0.717) is 30.3 Å². The lowest BCUT2D eigenvalue weighted by Gasteiger charge is -2.16. The second-order valence-corrected chi connectivity index (χ2v) is 5.90. The predicted octanol–water partition coefficient (Wildman–Crippen LogP) is 3.66. The van der Waals surface area contributed by atoms with Gasteiger partial charge < -0.3 is 15.2 Å². The van der Waals surface area contributed by atoms with Crippen molar-refractivity contribution in [2.45, 2.75) is 39.0 Å². The highest BCUT2D eigenvalue weighted by molar-refractivity contribution is 6.30. The van der Waals surface area contributed by atoms with Crippen molar-refractivity contribution in [2.24, 2.45) is 0 Å². The second-order valence-electron chi connectivity index (χ2n) is 5.46. The minimum Gasteiger partial charge on any atom is -0.489 e. The number of halogens is 1. The zero-order valence-electron chi connectivity index (χ0n) is 13.5. The number of nitrogens with zero attached hydrogens (tertiary/aromatic N) is 1. The number of carboxylic acids is 1. The Labute approximate surface area is 146 Å². The molecule has 2 rings (SSSR count). The summed E-state index contributed by atoms with van der Waals surface area (Å²) in [7, 11) is 0. The Bertz CT molecular complexity index is 665. The SMILES string of the molecule is CCCC(NCc1cc(Cl)ccc1OCc1cccnc1)C(=O)O. The topological polar surface area (TPSA) is 71.5 Å². The molecule has 0 aliphatic heterocycles. The van der Waals surface area contributed by atoms with E-state index in [-0.39, 0.29) is 0 Å². The van der Waals surface area contributed by atoms with Crippen LogP contribution < -0.4 is 10.1 Å². The van der Waals surface area contributed by atoms with Gasteiger partial charge in [0.15, 0.2) is 0 Å². The Kier molecular flexibility index (Phi) is 7.03. The summed E-state index contributed by atoms with van der Waals surface area (Å²) >= 11 is 6.06. The molecule has 1 aromatic heterocycles. The molecule has 128 valence electrons. The number of nitrogens with one attached hydrogen (secondary N) is 1. The number of pyridine rings is 1. The van der Waals surface area contributed by atoms with Gasteiger partial charge >= 0.3 is 5.97 Å². The summed E-state index contributed by atoms with van der Waals surface area (Å²) in [5.74, 6) is -0.173. The molecular formula is C18H21ClN2O3. The van der Waals surface area contributed by atoms with E-state index in [1.54, 1.807) is 30.6 Å². The largest absolute Gasteiger partial charge is 0.489 e. The van der Waals surface area contributed by atoms with E-state index in [0.717, 1.165) is 17.5 Å². The van der Waals surface area contributed by atoms with Crippen LogP contribution in [-0.2, 0) is 17.9 Å². The lowest BCUT2D eigenvalue weighted by atomic mass is 10.1. The zero-order chi connectivity index (χ0) is 17.4. The molecule has 0 spiro atoms. The molecule has 2 N–H and O–H groups in total. The van der Waals surface area contributed by atoms with Gasteiger partial charge in [0.1, 0.15) is 18.4 Å². The van der Waals surface area contributed by atoms with Crippen LogP contribution >= 0.6 is 11.6 Å². The summed E-state index contributed by atoms with van der Waals surface area (Å²) in [6.07, 6.45) is 4.82. The Morgan fingerprint density at radius 3 is 2.92 bits per heavy atom. The normalized spacial score (nSPS) is 11.9. The van der Waals surface area contributed by atoms with E-state index < -0.39 is 12.0 Å². The molecule has 2 aromatic rings. The van der Waals surface area contributed by atoms with Gasteiger partial charge in [-0.2, -0.15) is 0 Å². The van der Waals surface area contributed by atoms with Gasteiger partial charge in [0.2, 0.25) is 0 Å². The molecule has 0 saturated carbocycles. The fourth-order valence-corrected chi connectivity index (χ4v) is 2.50. The fraction of sp³-hybridized carbons (Fsp3) is 0.333. The number of carboxylic acid groups (broad SMARTS) is 1. The van der Waals surface area contributed by atoms with Crippen LogP contribution in [0.3, 0.4) is 0 Å². The van der Waals surface area contributed by atoms with Gasteiger partial charge in [-0.05, 0) is 30.7 Å². The average Bonchev–Trinajstić information content (AvgIpc) is 2.58. The predicted molar refractivity (Wildman–Crippen MR) is 93.2 cm³/mol. The first-order valence-corrected chi connectivity index (χ1v) is 8.24. The number of ether oxygens (including phenoxy) is 1. The van der Waals surface area contributed by atoms with Crippen molar-refractivity contribution in [3.8, 4) is 5.75 Å². The first-order chi connectivity index (χ1) is 11.6. The van der Waals surface area contributed by atoms with E-state index >= 15 is 0 Å². The van der Waals surface area contributed by atoms with Gasteiger partial charge in [-0.15, -0.1) is 0 Å². The molecule has 0 radical (unpaired) electrons.